The fraction of sp³-hybridized carbons (Fsp3) is 0.231. The summed E-state index contributed by atoms with van der Waals surface area (Å²) in [5.74, 6) is 1.25. The summed E-state index contributed by atoms with van der Waals surface area (Å²) in [5.41, 5.74) is 0.958. The second kappa shape index (κ2) is 5.50. The van der Waals surface area contributed by atoms with E-state index < -0.39 is 0 Å². The molecular formula is C13H12ClIN4. The Balaban J connectivity index is 1.78. The van der Waals surface area contributed by atoms with Gasteiger partial charge in [-0.1, -0.05) is 11.6 Å². The number of hydrogen-bond donors (Lipinski definition) is 2. The molecule has 0 amide bonds. The van der Waals surface area contributed by atoms with Crippen LogP contribution in [0, 0.1) is 3.57 Å². The van der Waals surface area contributed by atoms with E-state index in [1.54, 1.807) is 6.20 Å². The molecule has 1 aliphatic carbocycles. The molecule has 1 fully saturated rings. The summed E-state index contributed by atoms with van der Waals surface area (Å²) in [5, 5.41) is 7.02. The lowest BCUT2D eigenvalue weighted by molar-refractivity contribution is 1.08. The Bertz CT molecular complexity index is 584. The number of nitrogens with zero attached hydrogens (tertiary/aromatic N) is 2. The zero-order chi connectivity index (χ0) is 13.2. The molecule has 0 spiro atoms. The standard InChI is InChI=1S/C13H12ClIN4/c14-11-7-16-13(19-12(11)17-9-5-6-9)18-10-3-1-8(15)2-4-10/h1-4,7,9H,5-6H2,(H2,16,17,18,19). The molecule has 19 heavy (non-hydrogen) atoms. The lowest BCUT2D eigenvalue weighted by atomic mass is 10.3. The molecule has 98 valence electrons. The van der Waals surface area contributed by atoms with E-state index in [9.17, 15) is 0 Å². The van der Waals surface area contributed by atoms with Crippen LogP contribution in [0.15, 0.2) is 30.5 Å². The number of halogens is 2. The van der Waals surface area contributed by atoms with E-state index in [0.717, 1.165) is 5.69 Å². The smallest absolute Gasteiger partial charge is 0.229 e. The highest BCUT2D eigenvalue weighted by Gasteiger charge is 2.22. The monoisotopic (exact) mass is 386 g/mol. The molecule has 1 aliphatic rings. The van der Waals surface area contributed by atoms with Gasteiger partial charge >= 0.3 is 0 Å². The Labute approximate surface area is 130 Å². The van der Waals surface area contributed by atoms with E-state index in [0.29, 0.717) is 22.8 Å². The molecule has 0 unspecified atom stereocenters. The van der Waals surface area contributed by atoms with Crippen molar-refractivity contribution in [1.29, 1.82) is 0 Å². The Kier molecular flexibility index (Phi) is 3.74. The van der Waals surface area contributed by atoms with Crippen LogP contribution < -0.4 is 10.6 Å². The summed E-state index contributed by atoms with van der Waals surface area (Å²) in [6.07, 6.45) is 3.98. The van der Waals surface area contributed by atoms with Crippen LogP contribution in [0.5, 0.6) is 0 Å². The van der Waals surface area contributed by atoms with Crippen LogP contribution in [0.3, 0.4) is 0 Å². The largest absolute Gasteiger partial charge is 0.366 e. The van der Waals surface area contributed by atoms with Crippen molar-refractivity contribution in [3.63, 3.8) is 0 Å². The van der Waals surface area contributed by atoms with Crippen molar-refractivity contribution >= 4 is 51.6 Å². The molecule has 6 heteroatoms. The van der Waals surface area contributed by atoms with Crippen LogP contribution in [0.1, 0.15) is 12.8 Å². The maximum atomic E-state index is 6.08. The minimum Gasteiger partial charge on any atom is -0.366 e. The van der Waals surface area contributed by atoms with Crippen molar-refractivity contribution in [1.82, 2.24) is 9.97 Å². The summed E-state index contributed by atoms with van der Waals surface area (Å²) < 4.78 is 1.19. The molecule has 0 atom stereocenters. The van der Waals surface area contributed by atoms with Crippen molar-refractivity contribution in [2.45, 2.75) is 18.9 Å². The van der Waals surface area contributed by atoms with Gasteiger partial charge in [-0.05, 0) is 59.7 Å². The summed E-state index contributed by atoms with van der Waals surface area (Å²) in [7, 11) is 0. The van der Waals surface area contributed by atoms with E-state index in [1.165, 1.54) is 16.4 Å². The SMILES string of the molecule is Clc1cnc(Nc2ccc(I)cc2)nc1NC1CC1. The average molecular weight is 387 g/mol. The van der Waals surface area contributed by atoms with Gasteiger partial charge in [0.05, 0.1) is 6.20 Å². The maximum Gasteiger partial charge on any atom is 0.229 e. The highest BCUT2D eigenvalue weighted by Crippen LogP contribution is 2.28. The molecule has 2 N–H and O–H groups in total. The maximum absolute atomic E-state index is 6.08. The average Bonchev–Trinajstić information content (AvgIpc) is 3.20. The fourth-order valence-electron chi connectivity index (χ4n) is 1.61. The second-order valence-electron chi connectivity index (χ2n) is 4.44. The Morgan fingerprint density at radius 3 is 2.63 bits per heavy atom. The third-order valence-electron chi connectivity index (χ3n) is 2.76. The quantitative estimate of drug-likeness (QED) is 0.778. The van der Waals surface area contributed by atoms with Gasteiger partial charge in [0.25, 0.3) is 0 Å². The van der Waals surface area contributed by atoms with Gasteiger partial charge in [-0.3, -0.25) is 0 Å². The van der Waals surface area contributed by atoms with Gasteiger partial charge < -0.3 is 10.6 Å². The lowest BCUT2D eigenvalue weighted by Crippen LogP contribution is -2.06. The third kappa shape index (κ3) is 3.48. The van der Waals surface area contributed by atoms with Crippen LogP contribution in [0.4, 0.5) is 17.5 Å². The van der Waals surface area contributed by atoms with Crippen molar-refractivity contribution < 1.29 is 0 Å². The first-order valence-electron chi connectivity index (χ1n) is 6.02. The molecule has 0 aliphatic heterocycles. The number of aromatic nitrogens is 2. The minimum absolute atomic E-state index is 0.513. The van der Waals surface area contributed by atoms with Gasteiger partial charge in [-0.25, -0.2) is 4.98 Å². The van der Waals surface area contributed by atoms with Crippen molar-refractivity contribution in [2.24, 2.45) is 0 Å². The van der Waals surface area contributed by atoms with Crippen molar-refractivity contribution in [3.05, 3.63) is 39.1 Å². The Morgan fingerprint density at radius 2 is 1.95 bits per heavy atom. The van der Waals surface area contributed by atoms with Crippen LogP contribution >= 0.6 is 34.2 Å². The topological polar surface area (TPSA) is 49.8 Å². The molecule has 0 bridgehead atoms. The van der Waals surface area contributed by atoms with Crippen molar-refractivity contribution in [2.75, 3.05) is 10.6 Å². The van der Waals surface area contributed by atoms with Gasteiger partial charge in [0, 0.05) is 15.3 Å². The van der Waals surface area contributed by atoms with Gasteiger partial charge in [0.1, 0.15) is 5.02 Å². The highest BCUT2D eigenvalue weighted by molar-refractivity contribution is 14.1. The first-order chi connectivity index (χ1) is 9.20. The molecule has 2 aromatic rings. The van der Waals surface area contributed by atoms with Crippen molar-refractivity contribution in [3.8, 4) is 0 Å². The summed E-state index contributed by atoms with van der Waals surface area (Å²) in [6.45, 7) is 0. The van der Waals surface area contributed by atoms with Gasteiger partial charge in [-0.15, -0.1) is 0 Å². The van der Waals surface area contributed by atoms with Gasteiger partial charge in [-0.2, -0.15) is 4.98 Å². The summed E-state index contributed by atoms with van der Waals surface area (Å²) in [6, 6.07) is 8.56. The highest BCUT2D eigenvalue weighted by atomic mass is 127. The predicted molar refractivity (Wildman–Crippen MR) is 86.1 cm³/mol. The first-order valence-corrected chi connectivity index (χ1v) is 7.48. The summed E-state index contributed by atoms with van der Waals surface area (Å²) >= 11 is 8.35. The predicted octanol–water partition coefficient (Wildman–Crippen LogP) is 4.05. The Hall–Kier alpha value is -1.08. The normalized spacial score (nSPS) is 14.2. The van der Waals surface area contributed by atoms with Crippen LogP contribution in [-0.4, -0.2) is 16.0 Å². The molecule has 0 radical (unpaired) electrons. The second-order valence-corrected chi connectivity index (χ2v) is 6.09. The van der Waals surface area contributed by atoms with Crippen LogP contribution in [0.25, 0.3) is 0 Å². The molecule has 1 saturated carbocycles. The minimum atomic E-state index is 0.513. The molecule has 1 aromatic carbocycles. The number of benzene rings is 1. The van der Waals surface area contributed by atoms with E-state index >= 15 is 0 Å². The number of nitrogens with one attached hydrogen (secondary N) is 2. The Morgan fingerprint density at radius 1 is 1.21 bits per heavy atom. The molecule has 4 nitrogen and oxygen atoms in total. The van der Waals surface area contributed by atoms with E-state index in [2.05, 4.69) is 43.2 Å². The zero-order valence-corrected chi connectivity index (χ0v) is 12.9. The zero-order valence-electron chi connectivity index (χ0n) is 10.0. The molecular weight excluding hydrogens is 375 g/mol. The molecule has 0 saturated heterocycles. The number of rotatable bonds is 4. The number of anilines is 3. The summed E-state index contributed by atoms with van der Waals surface area (Å²) in [4.78, 5) is 8.59. The number of hydrogen-bond acceptors (Lipinski definition) is 4. The van der Waals surface area contributed by atoms with Crippen LogP contribution in [0.2, 0.25) is 5.02 Å². The third-order valence-corrected chi connectivity index (χ3v) is 3.76. The first kappa shape index (κ1) is 12.9. The van der Waals surface area contributed by atoms with Crippen LogP contribution in [-0.2, 0) is 0 Å². The van der Waals surface area contributed by atoms with E-state index in [-0.39, 0.29) is 0 Å². The molecule has 3 rings (SSSR count). The van der Waals surface area contributed by atoms with Gasteiger partial charge in [0.15, 0.2) is 5.82 Å². The molecule has 1 heterocycles. The molecule has 1 aromatic heterocycles. The van der Waals surface area contributed by atoms with Gasteiger partial charge in [0.2, 0.25) is 5.95 Å². The lowest BCUT2D eigenvalue weighted by Gasteiger charge is -2.09. The van der Waals surface area contributed by atoms with E-state index in [1.807, 2.05) is 24.3 Å². The van der Waals surface area contributed by atoms with E-state index in [4.69, 9.17) is 11.6 Å². The fourth-order valence-corrected chi connectivity index (χ4v) is 2.12.